The molecule has 1 aliphatic heterocycles. The second-order valence-electron chi connectivity index (χ2n) is 8.66. The lowest BCUT2D eigenvalue weighted by Gasteiger charge is -2.26. The maximum Gasteiger partial charge on any atom is 0.256 e. The molecule has 2 amide bonds. The molecule has 0 atom stereocenters. The van der Waals surface area contributed by atoms with E-state index < -0.39 is 0 Å². The van der Waals surface area contributed by atoms with Gasteiger partial charge in [-0.1, -0.05) is 0 Å². The van der Waals surface area contributed by atoms with Gasteiger partial charge in [0.2, 0.25) is 0 Å². The first kappa shape index (κ1) is 21.0. The van der Waals surface area contributed by atoms with Gasteiger partial charge in [-0.05, 0) is 56.5 Å². The molecule has 2 aromatic heterocycles. The second kappa shape index (κ2) is 8.24. The van der Waals surface area contributed by atoms with E-state index in [0.717, 1.165) is 65.4 Å². The summed E-state index contributed by atoms with van der Waals surface area (Å²) in [5.74, 6) is 2.28. The van der Waals surface area contributed by atoms with Crippen molar-refractivity contribution < 1.29 is 9.59 Å². The summed E-state index contributed by atoms with van der Waals surface area (Å²) in [6.07, 6.45) is 2.22. The van der Waals surface area contributed by atoms with Gasteiger partial charge in [-0.3, -0.25) is 14.3 Å². The van der Waals surface area contributed by atoms with E-state index in [1.807, 2.05) is 55.8 Å². The number of nitrogens with one attached hydrogen (secondary N) is 1. The summed E-state index contributed by atoms with van der Waals surface area (Å²) < 4.78 is 1.75. The lowest BCUT2D eigenvalue weighted by molar-refractivity contribution is 0.0772. The third-order valence-electron chi connectivity index (χ3n) is 6.25. The van der Waals surface area contributed by atoms with Gasteiger partial charge in [-0.25, -0.2) is 4.98 Å². The molecular weight excluding hydrogens is 422 g/mol. The van der Waals surface area contributed by atoms with Crippen LogP contribution in [0.25, 0.3) is 11.0 Å². The molecule has 5 rings (SSSR count). The minimum absolute atomic E-state index is 0.0576. The van der Waals surface area contributed by atoms with E-state index in [-0.39, 0.29) is 11.8 Å². The number of hydrogen-bond acceptors (Lipinski definition) is 5. The van der Waals surface area contributed by atoms with Crippen molar-refractivity contribution in [1.29, 1.82) is 0 Å². The Balaban J connectivity index is 1.43. The molecule has 32 heavy (non-hydrogen) atoms. The fraction of sp³-hybridized carbons (Fsp3) is 0.417. The molecule has 3 aromatic rings. The number of aryl methyl sites for hydroxylation is 3. The highest BCUT2D eigenvalue weighted by molar-refractivity contribution is 7.99. The predicted molar refractivity (Wildman–Crippen MR) is 128 cm³/mol. The number of carbonyl (C=O) groups is 2. The first-order chi connectivity index (χ1) is 15.4. The Morgan fingerprint density at radius 3 is 2.56 bits per heavy atom. The first-order valence-corrected chi connectivity index (χ1v) is 12.2. The maximum atomic E-state index is 13.3. The van der Waals surface area contributed by atoms with Crippen LogP contribution < -0.4 is 5.32 Å². The summed E-state index contributed by atoms with van der Waals surface area (Å²) in [4.78, 5) is 32.8. The van der Waals surface area contributed by atoms with Crippen molar-refractivity contribution in [2.24, 2.45) is 7.05 Å². The summed E-state index contributed by atoms with van der Waals surface area (Å²) in [6.45, 7) is 5.40. The molecule has 7 nitrogen and oxygen atoms in total. The maximum absolute atomic E-state index is 13.3. The monoisotopic (exact) mass is 449 g/mol. The largest absolute Gasteiger partial charge is 0.337 e. The van der Waals surface area contributed by atoms with Crippen molar-refractivity contribution >= 4 is 40.3 Å². The van der Waals surface area contributed by atoms with Gasteiger partial charge in [0, 0.05) is 54.5 Å². The van der Waals surface area contributed by atoms with E-state index in [2.05, 4.69) is 10.4 Å². The fourth-order valence-corrected chi connectivity index (χ4v) is 5.21. The Bertz CT molecular complexity index is 1220. The van der Waals surface area contributed by atoms with E-state index in [4.69, 9.17) is 4.98 Å². The lowest BCUT2D eigenvalue weighted by atomic mass is 10.1. The number of anilines is 1. The van der Waals surface area contributed by atoms with E-state index in [0.29, 0.717) is 22.7 Å². The number of rotatable bonds is 4. The summed E-state index contributed by atoms with van der Waals surface area (Å²) >= 11 is 1.88. The molecule has 0 unspecified atom stereocenters. The summed E-state index contributed by atoms with van der Waals surface area (Å²) in [6, 6.07) is 7.42. The number of hydrogen-bond donors (Lipinski definition) is 1. The highest BCUT2D eigenvalue weighted by Gasteiger charge is 2.28. The number of fused-ring (bicyclic) bond motifs is 1. The second-order valence-corrected chi connectivity index (χ2v) is 9.89. The van der Waals surface area contributed by atoms with Crippen molar-refractivity contribution in [2.45, 2.75) is 32.6 Å². The molecular formula is C24H27N5O2S. The summed E-state index contributed by atoms with van der Waals surface area (Å²) in [7, 11) is 1.86. The Kier molecular flexibility index (Phi) is 5.41. The molecule has 1 saturated carbocycles. The lowest BCUT2D eigenvalue weighted by Crippen LogP contribution is -2.37. The molecule has 1 aliphatic carbocycles. The van der Waals surface area contributed by atoms with Gasteiger partial charge in [-0.15, -0.1) is 0 Å². The molecule has 3 heterocycles. The molecule has 1 N–H and O–H groups in total. The molecule has 0 radical (unpaired) electrons. The Morgan fingerprint density at radius 2 is 1.88 bits per heavy atom. The topological polar surface area (TPSA) is 80.1 Å². The van der Waals surface area contributed by atoms with Crippen molar-refractivity contribution in [3.63, 3.8) is 0 Å². The van der Waals surface area contributed by atoms with Gasteiger partial charge in [-0.2, -0.15) is 16.9 Å². The molecule has 8 heteroatoms. The minimum atomic E-state index is -0.175. The SMILES string of the molecule is Cc1cc(C(=O)N2CCSCC2)ccc1NC(=O)c1cc(C2CC2)nc2c1c(C)nn2C. The van der Waals surface area contributed by atoms with E-state index in [1.54, 1.807) is 10.7 Å². The quantitative estimate of drug-likeness (QED) is 0.653. The van der Waals surface area contributed by atoms with Crippen LogP contribution in [0, 0.1) is 13.8 Å². The zero-order chi connectivity index (χ0) is 22.4. The smallest absolute Gasteiger partial charge is 0.256 e. The van der Waals surface area contributed by atoms with Crippen molar-refractivity contribution in [1.82, 2.24) is 19.7 Å². The standard InChI is InChI=1S/C24H27N5O2S/c1-14-12-17(24(31)29-8-10-32-11-9-29)6-7-19(14)26-23(30)18-13-20(16-4-5-16)25-22-21(18)15(2)27-28(22)3/h6-7,12-13,16H,4-5,8-11H2,1-3H3,(H,26,30). The van der Waals surface area contributed by atoms with Gasteiger partial charge in [0.05, 0.1) is 16.6 Å². The van der Waals surface area contributed by atoms with Crippen LogP contribution in [0.3, 0.4) is 0 Å². The van der Waals surface area contributed by atoms with Gasteiger partial charge >= 0.3 is 0 Å². The Morgan fingerprint density at radius 1 is 1.12 bits per heavy atom. The van der Waals surface area contributed by atoms with Crippen LogP contribution in [0.1, 0.15) is 56.4 Å². The average molecular weight is 450 g/mol. The number of pyridine rings is 1. The normalized spacial score (nSPS) is 16.4. The fourth-order valence-electron chi connectivity index (χ4n) is 4.31. The molecule has 2 aliphatic rings. The third-order valence-corrected chi connectivity index (χ3v) is 7.19. The number of aromatic nitrogens is 3. The highest BCUT2D eigenvalue weighted by atomic mass is 32.2. The number of thioether (sulfide) groups is 1. The Hall–Kier alpha value is -2.87. The van der Waals surface area contributed by atoms with E-state index >= 15 is 0 Å². The van der Waals surface area contributed by atoms with Crippen LogP contribution >= 0.6 is 11.8 Å². The zero-order valence-corrected chi connectivity index (χ0v) is 19.5. The number of benzene rings is 1. The number of nitrogens with zero attached hydrogens (tertiary/aromatic N) is 4. The predicted octanol–water partition coefficient (Wildman–Crippen LogP) is 3.90. The zero-order valence-electron chi connectivity index (χ0n) is 18.6. The van der Waals surface area contributed by atoms with Gasteiger partial charge in [0.15, 0.2) is 5.65 Å². The molecule has 0 bridgehead atoms. The van der Waals surface area contributed by atoms with E-state index in [9.17, 15) is 9.59 Å². The summed E-state index contributed by atoms with van der Waals surface area (Å²) in [5, 5.41) is 8.33. The number of carbonyl (C=O) groups excluding carboxylic acids is 2. The van der Waals surface area contributed by atoms with Crippen LogP contribution in [0.15, 0.2) is 24.3 Å². The summed E-state index contributed by atoms with van der Waals surface area (Å²) in [5.41, 5.74) is 5.34. The first-order valence-electron chi connectivity index (χ1n) is 11.1. The number of amides is 2. The molecule has 1 saturated heterocycles. The van der Waals surface area contributed by atoms with Gasteiger partial charge in [0.1, 0.15) is 0 Å². The van der Waals surface area contributed by atoms with Crippen LogP contribution in [0.4, 0.5) is 5.69 Å². The third kappa shape index (κ3) is 3.88. The van der Waals surface area contributed by atoms with Crippen LogP contribution in [-0.2, 0) is 7.05 Å². The van der Waals surface area contributed by atoms with Crippen molar-refractivity contribution in [3.8, 4) is 0 Å². The molecule has 1 aromatic carbocycles. The van der Waals surface area contributed by atoms with Crippen LogP contribution in [0.5, 0.6) is 0 Å². The molecule has 0 spiro atoms. The Labute approximate surface area is 191 Å². The minimum Gasteiger partial charge on any atom is -0.337 e. The van der Waals surface area contributed by atoms with Crippen molar-refractivity contribution in [2.75, 3.05) is 29.9 Å². The van der Waals surface area contributed by atoms with Crippen LogP contribution in [0.2, 0.25) is 0 Å². The van der Waals surface area contributed by atoms with Gasteiger partial charge in [0.25, 0.3) is 11.8 Å². The molecule has 2 fully saturated rings. The van der Waals surface area contributed by atoms with E-state index in [1.165, 1.54) is 0 Å². The van der Waals surface area contributed by atoms with Gasteiger partial charge < -0.3 is 10.2 Å². The average Bonchev–Trinajstić information content (AvgIpc) is 3.61. The van der Waals surface area contributed by atoms with Crippen molar-refractivity contribution in [3.05, 3.63) is 52.3 Å². The molecule has 166 valence electrons. The van der Waals surface area contributed by atoms with Crippen LogP contribution in [-0.4, -0.2) is 56.1 Å². The highest BCUT2D eigenvalue weighted by Crippen LogP contribution is 2.40.